The zero-order valence-electron chi connectivity index (χ0n) is 9.25. The number of benzene rings is 1. The molecule has 0 aliphatic carbocycles. The van der Waals surface area contributed by atoms with Gasteiger partial charge in [0.05, 0.1) is 6.04 Å². The smallest absolute Gasteiger partial charge is 0.223 e. The van der Waals surface area contributed by atoms with E-state index < -0.39 is 0 Å². The molecular weight excluding hydrogens is 193 g/mol. The van der Waals surface area contributed by atoms with E-state index in [-0.39, 0.29) is 23.7 Å². The van der Waals surface area contributed by atoms with Crippen LogP contribution in [0.4, 0.5) is 4.39 Å². The lowest BCUT2D eigenvalue weighted by atomic mass is 10.1. The Balaban J connectivity index is 2.73. The number of hydrogen-bond acceptors (Lipinski definition) is 1. The zero-order chi connectivity index (χ0) is 11.4. The monoisotopic (exact) mass is 209 g/mol. The number of nitrogens with one attached hydrogen (secondary N) is 1. The Kier molecular flexibility index (Phi) is 3.83. The van der Waals surface area contributed by atoms with Crippen LogP contribution in [0.5, 0.6) is 0 Å². The van der Waals surface area contributed by atoms with Gasteiger partial charge in [-0.1, -0.05) is 32.0 Å². The molecule has 0 bridgehead atoms. The lowest BCUT2D eigenvalue weighted by molar-refractivity contribution is -0.124. The quantitative estimate of drug-likeness (QED) is 0.814. The molecule has 1 atom stereocenters. The van der Waals surface area contributed by atoms with E-state index in [1.165, 1.54) is 6.07 Å². The van der Waals surface area contributed by atoms with Crippen molar-refractivity contribution in [2.45, 2.75) is 26.8 Å². The van der Waals surface area contributed by atoms with Gasteiger partial charge in [-0.15, -0.1) is 0 Å². The molecule has 1 amide bonds. The number of carbonyl (C=O) groups is 1. The van der Waals surface area contributed by atoms with Crippen LogP contribution in [-0.4, -0.2) is 5.91 Å². The highest BCUT2D eigenvalue weighted by Gasteiger charge is 2.14. The third-order valence-corrected chi connectivity index (χ3v) is 2.25. The summed E-state index contributed by atoms with van der Waals surface area (Å²) in [5.41, 5.74) is 0.520. The molecule has 0 saturated carbocycles. The summed E-state index contributed by atoms with van der Waals surface area (Å²) >= 11 is 0. The molecule has 0 aliphatic rings. The Hall–Kier alpha value is -1.38. The van der Waals surface area contributed by atoms with Crippen molar-refractivity contribution in [1.82, 2.24) is 5.32 Å². The van der Waals surface area contributed by atoms with Crippen molar-refractivity contribution in [3.63, 3.8) is 0 Å². The summed E-state index contributed by atoms with van der Waals surface area (Å²) in [4.78, 5) is 11.4. The number of hydrogen-bond donors (Lipinski definition) is 1. The van der Waals surface area contributed by atoms with Gasteiger partial charge in [0.1, 0.15) is 5.82 Å². The molecule has 1 N–H and O–H groups in total. The predicted octanol–water partition coefficient (Wildman–Crippen LogP) is 2.66. The summed E-state index contributed by atoms with van der Waals surface area (Å²) in [5.74, 6) is -0.431. The maximum atomic E-state index is 13.3. The second kappa shape index (κ2) is 4.91. The van der Waals surface area contributed by atoms with E-state index in [2.05, 4.69) is 5.32 Å². The first-order valence-electron chi connectivity index (χ1n) is 5.07. The molecule has 1 aromatic rings. The molecule has 0 fully saturated rings. The largest absolute Gasteiger partial charge is 0.349 e. The average Bonchev–Trinajstić information content (AvgIpc) is 2.18. The van der Waals surface area contributed by atoms with Gasteiger partial charge < -0.3 is 5.32 Å². The lowest BCUT2D eigenvalue weighted by Gasteiger charge is -2.16. The van der Waals surface area contributed by atoms with Gasteiger partial charge in [0.25, 0.3) is 0 Å². The van der Waals surface area contributed by atoms with Crippen LogP contribution in [0.15, 0.2) is 24.3 Å². The summed E-state index contributed by atoms with van der Waals surface area (Å²) < 4.78 is 13.3. The van der Waals surface area contributed by atoms with E-state index in [0.717, 1.165) is 0 Å². The van der Waals surface area contributed by atoms with Crippen LogP contribution in [0, 0.1) is 11.7 Å². The Labute approximate surface area is 89.5 Å². The SMILES string of the molecule is CC(C)C(=O)NC(C)c1ccccc1F. The summed E-state index contributed by atoms with van der Waals surface area (Å²) in [6.07, 6.45) is 0. The Bertz CT molecular complexity index is 349. The molecule has 15 heavy (non-hydrogen) atoms. The van der Waals surface area contributed by atoms with Gasteiger partial charge in [0.2, 0.25) is 5.91 Å². The van der Waals surface area contributed by atoms with Crippen molar-refractivity contribution in [1.29, 1.82) is 0 Å². The molecule has 0 aliphatic heterocycles. The van der Waals surface area contributed by atoms with E-state index in [1.54, 1.807) is 25.1 Å². The number of carbonyl (C=O) groups excluding carboxylic acids is 1. The highest BCUT2D eigenvalue weighted by molar-refractivity contribution is 5.78. The topological polar surface area (TPSA) is 29.1 Å². The molecular formula is C12H16FNO. The summed E-state index contributed by atoms with van der Waals surface area (Å²) in [6, 6.07) is 6.18. The van der Waals surface area contributed by atoms with Gasteiger partial charge in [-0.25, -0.2) is 4.39 Å². The Morgan fingerprint density at radius 1 is 1.27 bits per heavy atom. The molecule has 2 nitrogen and oxygen atoms in total. The van der Waals surface area contributed by atoms with E-state index in [1.807, 2.05) is 13.8 Å². The minimum atomic E-state index is -0.291. The Morgan fingerprint density at radius 3 is 2.40 bits per heavy atom. The van der Waals surface area contributed by atoms with E-state index >= 15 is 0 Å². The van der Waals surface area contributed by atoms with E-state index in [4.69, 9.17) is 0 Å². The molecule has 1 rings (SSSR count). The van der Waals surface area contributed by atoms with Gasteiger partial charge in [0.15, 0.2) is 0 Å². The van der Waals surface area contributed by atoms with Crippen LogP contribution in [0.1, 0.15) is 32.4 Å². The van der Waals surface area contributed by atoms with Crippen molar-refractivity contribution in [2.75, 3.05) is 0 Å². The first-order chi connectivity index (χ1) is 7.02. The van der Waals surface area contributed by atoms with Crippen LogP contribution in [0.25, 0.3) is 0 Å². The lowest BCUT2D eigenvalue weighted by Crippen LogP contribution is -2.30. The normalized spacial score (nSPS) is 12.6. The van der Waals surface area contributed by atoms with Gasteiger partial charge in [0, 0.05) is 11.5 Å². The zero-order valence-corrected chi connectivity index (χ0v) is 9.25. The number of halogens is 1. The third kappa shape index (κ3) is 3.05. The molecule has 82 valence electrons. The van der Waals surface area contributed by atoms with E-state index in [9.17, 15) is 9.18 Å². The van der Waals surface area contributed by atoms with Crippen molar-refractivity contribution >= 4 is 5.91 Å². The van der Waals surface area contributed by atoms with Crippen molar-refractivity contribution in [3.05, 3.63) is 35.6 Å². The highest BCUT2D eigenvalue weighted by atomic mass is 19.1. The van der Waals surface area contributed by atoms with Crippen LogP contribution in [0.3, 0.4) is 0 Å². The summed E-state index contributed by atoms with van der Waals surface area (Å²) in [5, 5.41) is 2.76. The molecule has 0 aromatic heterocycles. The van der Waals surface area contributed by atoms with Crippen LogP contribution in [0.2, 0.25) is 0 Å². The molecule has 1 unspecified atom stereocenters. The van der Waals surface area contributed by atoms with Crippen LogP contribution >= 0.6 is 0 Å². The average molecular weight is 209 g/mol. The van der Waals surface area contributed by atoms with Crippen LogP contribution in [-0.2, 0) is 4.79 Å². The second-order valence-electron chi connectivity index (χ2n) is 3.91. The highest BCUT2D eigenvalue weighted by Crippen LogP contribution is 2.16. The maximum Gasteiger partial charge on any atom is 0.223 e. The molecule has 0 spiro atoms. The minimum absolute atomic E-state index is 0.0641. The molecule has 0 heterocycles. The molecule has 0 radical (unpaired) electrons. The fraction of sp³-hybridized carbons (Fsp3) is 0.417. The second-order valence-corrected chi connectivity index (χ2v) is 3.91. The van der Waals surface area contributed by atoms with Crippen molar-refractivity contribution < 1.29 is 9.18 Å². The fourth-order valence-electron chi connectivity index (χ4n) is 1.28. The third-order valence-electron chi connectivity index (χ3n) is 2.25. The molecule has 0 saturated heterocycles. The van der Waals surface area contributed by atoms with Gasteiger partial charge in [-0.3, -0.25) is 4.79 Å². The van der Waals surface area contributed by atoms with Crippen molar-refractivity contribution in [3.8, 4) is 0 Å². The fourth-order valence-corrected chi connectivity index (χ4v) is 1.28. The predicted molar refractivity (Wildman–Crippen MR) is 57.8 cm³/mol. The number of rotatable bonds is 3. The summed E-state index contributed by atoms with van der Waals surface area (Å²) in [6.45, 7) is 5.39. The number of amides is 1. The first-order valence-corrected chi connectivity index (χ1v) is 5.07. The van der Waals surface area contributed by atoms with Gasteiger partial charge in [-0.05, 0) is 13.0 Å². The Morgan fingerprint density at radius 2 is 1.87 bits per heavy atom. The standard InChI is InChI=1S/C12H16FNO/c1-8(2)12(15)14-9(3)10-6-4-5-7-11(10)13/h4-9H,1-3H3,(H,14,15). The summed E-state index contributed by atoms with van der Waals surface area (Å²) in [7, 11) is 0. The van der Waals surface area contributed by atoms with Crippen LogP contribution < -0.4 is 5.32 Å². The van der Waals surface area contributed by atoms with Gasteiger partial charge in [-0.2, -0.15) is 0 Å². The molecule has 1 aromatic carbocycles. The van der Waals surface area contributed by atoms with E-state index in [0.29, 0.717) is 5.56 Å². The minimum Gasteiger partial charge on any atom is -0.349 e. The molecule has 3 heteroatoms. The first kappa shape index (κ1) is 11.7. The maximum absolute atomic E-state index is 13.3. The van der Waals surface area contributed by atoms with Gasteiger partial charge >= 0.3 is 0 Å². The van der Waals surface area contributed by atoms with Crippen molar-refractivity contribution in [2.24, 2.45) is 5.92 Å².